The quantitative estimate of drug-likeness (QED) is 0.0320. The van der Waals surface area contributed by atoms with Crippen LogP contribution in [0.1, 0.15) is 354 Å². The van der Waals surface area contributed by atoms with Crippen molar-refractivity contribution in [3.05, 3.63) is 48.6 Å². The number of aliphatic hydroxyl groups is 2. The van der Waals surface area contributed by atoms with Crippen molar-refractivity contribution in [2.75, 3.05) is 13.2 Å². The SMILES string of the molecule is CCCCC/C=C\C/C=C\CCCCCCCC(=O)OCCCCCCCCCCC/C=C\C/C=C\CCCCCCCCCC(=O)NC(CO)C(O)CCCCCCCCCCCCCCCCCCCCCC. The summed E-state index contributed by atoms with van der Waals surface area (Å²) in [7, 11) is 0. The summed E-state index contributed by atoms with van der Waals surface area (Å²) >= 11 is 0. The van der Waals surface area contributed by atoms with Crippen LogP contribution < -0.4 is 5.32 Å². The fourth-order valence-electron chi connectivity index (χ4n) is 10.2. The van der Waals surface area contributed by atoms with Crippen LogP contribution in [0.25, 0.3) is 0 Å². The van der Waals surface area contributed by atoms with Gasteiger partial charge in [-0.3, -0.25) is 9.59 Å². The van der Waals surface area contributed by atoms with Crippen LogP contribution in [0, 0.1) is 0 Å². The van der Waals surface area contributed by atoms with Gasteiger partial charge >= 0.3 is 5.97 Å². The van der Waals surface area contributed by atoms with E-state index in [0.29, 0.717) is 25.9 Å². The van der Waals surface area contributed by atoms with Crippen molar-refractivity contribution in [3.8, 4) is 0 Å². The number of hydrogen-bond donors (Lipinski definition) is 3. The van der Waals surface area contributed by atoms with E-state index in [2.05, 4.69) is 67.8 Å². The molecule has 75 heavy (non-hydrogen) atoms. The molecule has 0 aliphatic heterocycles. The lowest BCUT2D eigenvalue weighted by atomic mass is 10.0. The zero-order valence-electron chi connectivity index (χ0n) is 50.3. The van der Waals surface area contributed by atoms with Gasteiger partial charge in [-0.25, -0.2) is 0 Å². The highest BCUT2D eigenvalue weighted by Crippen LogP contribution is 2.18. The topological polar surface area (TPSA) is 95.9 Å². The maximum atomic E-state index is 12.5. The van der Waals surface area contributed by atoms with Crippen LogP contribution in [0.15, 0.2) is 48.6 Å². The second kappa shape index (κ2) is 64.3. The van der Waals surface area contributed by atoms with Gasteiger partial charge in [0.05, 0.1) is 25.4 Å². The minimum Gasteiger partial charge on any atom is -0.466 e. The Kier molecular flexibility index (Phi) is 62.5. The molecule has 0 aliphatic carbocycles. The van der Waals surface area contributed by atoms with E-state index in [0.717, 1.165) is 64.2 Å². The van der Waals surface area contributed by atoms with Crippen molar-refractivity contribution in [2.45, 2.75) is 366 Å². The van der Waals surface area contributed by atoms with E-state index >= 15 is 0 Å². The summed E-state index contributed by atoms with van der Waals surface area (Å²) in [4.78, 5) is 24.6. The monoisotopic (exact) mass is 1050 g/mol. The molecule has 6 nitrogen and oxygen atoms in total. The lowest BCUT2D eigenvalue weighted by Gasteiger charge is -2.22. The molecule has 0 aromatic heterocycles. The number of amides is 1. The lowest BCUT2D eigenvalue weighted by molar-refractivity contribution is -0.143. The first-order chi connectivity index (χ1) is 37.0. The molecule has 0 saturated heterocycles. The van der Waals surface area contributed by atoms with Gasteiger partial charge in [0.1, 0.15) is 0 Å². The van der Waals surface area contributed by atoms with E-state index in [-0.39, 0.29) is 18.5 Å². The number of ether oxygens (including phenoxy) is 1. The van der Waals surface area contributed by atoms with Gasteiger partial charge in [-0.1, -0.05) is 300 Å². The van der Waals surface area contributed by atoms with Crippen LogP contribution in [0.5, 0.6) is 0 Å². The highest BCUT2D eigenvalue weighted by atomic mass is 16.5. The number of unbranched alkanes of at least 4 members (excludes halogenated alkanes) is 43. The number of rotatable bonds is 62. The highest BCUT2D eigenvalue weighted by molar-refractivity contribution is 5.76. The molecule has 2 atom stereocenters. The van der Waals surface area contributed by atoms with E-state index < -0.39 is 12.1 Å². The Labute approximate surface area is 467 Å². The van der Waals surface area contributed by atoms with Gasteiger partial charge < -0.3 is 20.3 Å². The molecule has 440 valence electrons. The third kappa shape index (κ3) is 60.9. The standard InChI is InChI=1S/C69H129NO5/c1-3-5-7-9-11-13-15-17-19-20-21-27-30-34-37-41-45-49-53-57-61-67(72)66(65-71)70-68(73)62-58-54-50-46-42-38-35-31-28-25-23-22-24-26-29-32-36-40-44-48-52-56-60-64-75-69(74)63-59-55-51-47-43-39-33-18-16-14-12-10-8-6-4-2/h12,14,18,22,24-25,28,33,66-67,71-72H,3-11,13,15-17,19-21,23,26-27,29-32,34-65H2,1-2H3,(H,70,73)/b14-12-,24-22-,28-25-,33-18-. The summed E-state index contributed by atoms with van der Waals surface area (Å²) < 4.78 is 5.47. The lowest BCUT2D eigenvalue weighted by Crippen LogP contribution is -2.45. The third-order valence-corrected chi connectivity index (χ3v) is 15.4. The molecular weight excluding hydrogens is 923 g/mol. The summed E-state index contributed by atoms with van der Waals surface area (Å²) in [6.45, 7) is 4.93. The van der Waals surface area contributed by atoms with E-state index in [4.69, 9.17) is 4.74 Å². The van der Waals surface area contributed by atoms with Crippen molar-refractivity contribution < 1.29 is 24.5 Å². The van der Waals surface area contributed by atoms with Crippen molar-refractivity contribution in [1.29, 1.82) is 0 Å². The molecule has 0 aromatic rings. The zero-order valence-corrected chi connectivity index (χ0v) is 50.3. The third-order valence-electron chi connectivity index (χ3n) is 15.4. The largest absolute Gasteiger partial charge is 0.466 e. The average Bonchev–Trinajstić information content (AvgIpc) is 3.41. The molecule has 0 bridgehead atoms. The molecule has 0 radical (unpaired) electrons. The van der Waals surface area contributed by atoms with Crippen LogP contribution >= 0.6 is 0 Å². The molecule has 1 amide bonds. The van der Waals surface area contributed by atoms with Gasteiger partial charge in [-0.05, 0) is 89.9 Å². The molecule has 0 spiro atoms. The molecule has 6 heteroatoms. The van der Waals surface area contributed by atoms with E-state index in [9.17, 15) is 19.8 Å². The Morgan fingerprint density at radius 1 is 0.373 bits per heavy atom. The molecule has 0 fully saturated rings. The highest BCUT2D eigenvalue weighted by Gasteiger charge is 2.20. The Bertz CT molecular complexity index is 1260. The fraction of sp³-hybridized carbons (Fsp3) is 0.855. The Balaban J connectivity index is 3.46. The Morgan fingerprint density at radius 2 is 0.667 bits per heavy atom. The van der Waals surface area contributed by atoms with Gasteiger partial charge in [0.2, 0.25) is 5.91 Å². The van der Waals surface area contributed by atoms with Crippen LogP contribution in [-0.2, 0) is 14.3 Å². The van der Waals surface area contributed by atoms with Gasteiger partial charge in [-0.2, -0.15) is 0 Å². The molecule has 0 saturated carbocycles. The number of hydrogen-bond acceptors (Lipinski definition) is 5. The molecule has 0 heterocycles. The average molecular weight is 1050 g/mol. The van der Waals surface area contributed by atoms with Crippen LogP contribution in [0.2, 0.25) is 0 Å². The normalized spacial score (nSPS) is 12.9. The van der Waals surface area contributed by atoms with Crippen LogP contribution in [0.3, 0.4) is 0 Å². The predicted molar refractivity (Wildman–Crippen MR) is 329 cm³/mol. The van der Waals surface area contributed by atoms with Gasteiger partial charge in [0.15, 0.2) is 0 Å². The van der Waals surface area contributed by atoms with Crippen molar-refractivity contribution in [2.24, 2.45) is 0 Å². The van der Waals surface area contributed by atoms with Crippen molar-refractivity contribution in [3.63, 3.8) is 0 Å². The Morgan fingerprint density at radius 3 is 1.04 bits per heavy atom. The molecule has 0 rings (SSSR count). The van der Waals surface area contributed by atoms with E-state index in [1.807, 2.05) is 0 Å². The first-order valence-electron chi connectivity index (χ1n) is 33.4. The minimum atomic E-state index is -0.673. The first-order valence-corrected chi connectivity index (χ1v) is 33.4. The zero-order chi connectivity index (χ0) is 54.3. The van der Waals surface area contributed by atoms with Gasteiger partial charge in [-0.15, -0.1) is 0 Å². The van der Waals surface area contributed by atoms with Crippen molar-refractivity contribution in [1.82, 2.24) is 5.32 Å². The smallest absolute Gasteiger partial charge is 0.305 e. The van der Waals surface area contributed by atoms with Crippen molar-refractivity contribution >= 4 is 11.9 Å². The maximum absolute atomic E-state index is 12.5. The maximum Gasteiger partial charge on any atom is 0.305 e. The van der Waals surface area contributed by atoms with Crippen LogP contribution in [-0.4, -0.2) is 47.4 Å². The second-order valence-electron chi connectivity index (χ2n) is 22.8. The molecule has 3 N–H and O–H groups in total. The first kappa shape index (κ1) is 72.8. The minimum absolute atomic E-state index is 0.00686. The number of carbonyl (C=O) groups is 2. The molecule has 0 aliphatic rings. The molecule has 0 aromatic carbocycles. The predicted octanol–water partition coefficient (Wildman–Crippen LogP) is 21.3. The number of esters is 1. The van der Waals surface area contributed by atoms with Crippen LogP contribution in [0.4, 0.5) is 0 Å². The van der Waals surface area contributed by atoms with Gasteiger partial charge in [0.25, 0.3) is 0 Å². The summed E-state index contributed by atoms with van der Waals surface area (Å²) in [6, 6.07) is -0.551. The fourth-order valence-corrected chi connectivity index (χ4v) is 10.2. The van der Waals surface area contributed by atoms with E-state index in [1.165, 1.54) is 257 Å². The number of allylic oxidation sites excluding steroid dienone is 8. The molecule has 2 unspecified atom stereocenters. The van der Waals surface area contributed by atoms with Gasteiger partial charge in [0, 0.05) is 12.8 Å². The summed E-state index contributed by atoms with van der Waals surface area (Å²) in [6.07, 6.45) is 82.7. The molecular formula is C69H129NO5. The Hall–Kier alpha value is -2.18. The summed E-state index contributed by atoms with van der Waals surface area (Å²) in [5.74, 6) is -0.0499. The number of nitrogens with one attached hydrogen (secondary N) is 1. The van der Waals surface area contributed by atoms with E-state index in [1.54, 1.807) is 0 Å². The second-order valence-corrected chi connectivity index (χ2v) is 22.8. The summed E-state index contributed by atoms with van der Waals surface area (Å²) in [5, 5.41) is 23.4. The summed E-state index contributed by atoms with van der Waals surface area (Å²) in [5.41, 5.74) is 0. The number of carbonyl (C=O) groups excluding carboxylic acids is 2. The number of aliphatic hydroxyl groups excluding tert-OH is 2.